The van der Waals surface area contributed by atoms with Crippen molar-refractivity contribution in [3.05, 3.63) is 79.6 Å². The average Bonchev–Trinajstić information content (AvgIpc) is 3.67. The highest BCUT2D eigenvalue weighted by Crippen LogP contribution is 2.46. The first-order chi connectivity index (χ1) is 18.4. The number of aromatic amines is 1. The monoisotopic (exact) mass is 550 g/mol. The third-order valence-electron chi connectivity index (χ3n) is 7.06. The summed E-state index contributed by atoms with van der Waals surface area (Å²) < 4.78 is 24.7. The van der Waals surface area contributed by atoms with Gasteiger partial charge in [0.25, 0.3) is 0 Å². The minimum absolute atomic E-state index is 0.261. The van der Waals surface area contributed by atoms with E-state index in [1.165, 1.54) is 6.07 Å². The van der Waals surface area contributed by atoms with Crippen LogP contribution in [0, 0.1) is 5.82 Å². The zero-order chi connectivity index (χ0) is 26.0. The van der Waals surface area contributed by atoms with Gasteiger partial charge in [-0.3, -0.25) is 19.7 Å². The zero-order valence-electron chi connectivity index (χ0n) is 19.8. The lowest BCUT2D eigenvalue weighted by Gasteiger charge is -2.33. The van der Waals surface area contributed by atoms with E-state index in [4.69, 9.17) is 21.3 Å². The van der Waals surface area contributed by atoms with Crippen LogP contribution in [0.3, 0.4) is 0 Å². The van der Waals surface area contributed by atoms with Crippen molar-refractivity contribution in [2.45, 2.75) is 44.2 Å². The van der Waals surface area contributed by atoms with Crippen molar-refractivity contribution < 1.29 is 13.9 Å². The van der Waals surface area contributed by atoms with Crippen LogP contribution in [0.25, 0.3) is 11.5 Å². The molecule has 1 saturated carbocycles. The van der Waals surface area contributed by atoms with Crippen LogP contribution in [0.1, 0.15) is 53.8 Å². The number of carbonyl (C=O) groups excluding carboxylic acids is 1. The molecule has 1 unspecified atom stereocenters. The second-order valence-electron chi connectivity index (χ2n) is 9.58. The van der Waals surface area contributed by atoms with Gasteiger partial charge in [0.05, 0.1) is 28.6 Å². The Morgan fingerprint density at radius 1 is 1.16 bits per heavy atom. The van der Waals surface area contributed by atoms with Crippen LogP contribution < -0.4 is 19.8 Å². The fraction of sp³-hybridized carbons (Fsp3) is 0.269. The van der Waals surface area contributed by atoms with Crippen LogP contribution in [-0.2, 0) is 13.0 Å². The number of halogens is 2. The summed E-state index contributed by atoms with van der Waals surface area (Å²) in [6, 6.07) is 7.85. The van der Waals surface area contributed by atoms with Gasteiger partial charge in [0.15, 0.2) is 5.82 Å². The van der Waals surface area contributed by atoms with Gasteiger partial charge in [-0.2, -0.15) is 4.37 Å². The van der Waals surface area contributed by atoms with Gasteiger partial charge in [0.1, 0.15) is 29.1 Å². The van der Waals surface area contributed by atoms with Gasteiger partial charge in [-0.05, 0) is 55.5 Å². The highest BCUT2D eigenvalue weighted by molar-refractivity contribution is 7.03. The molecule has 9 nitrogen and oxygen atoms in total. The molecule has 3 aromatic heterocycles. The molecule has 5 heterocycles. The molecule has 12 heteroatoms. The summed E-state index contributed by atoms with van der Waals surface area (Å²) in [5, 5.41) is 3.39. The van der Waals surface area contributed by atoms with Gasteiger partial charge in [-0.25, -0.2) is 14.2 Å². The van der Waals surface area contributed by atoms with E-state index in [0.717, 1.165) is 41.2 Å². The molecule has 1 atom stereocenters. The molecule has 2 amide bonds. The summed E-state index contributed by atoms with van der Waals surface area (Å²) in [4.78, 5) is 38.0. The van der Waals surface area contributed by atoms with E-state index in [0.29, 0.717) is 46.5 Å². The Hall–Kier alpha value is -3.83. The molecule has 0 bridgehead atoms. The van der Waals surface area contributed by atoms with E-state index in [2.05, 4.69) is 19.7 Å². The van der Waals surface area contributed by atoms with Crippen molar-refractivity contribution in [2.75, 3.05) is 10.2 Å². The quantitative estimate of drug-likeness (QED) is 0.343. The standard InChI is InChI=1S/C26H20ClFN6O3S/c27-15-8-13-5-6-20(23-16(28)2-1-7-29-23)37-21(13)10-19(15)34-11-14-17(31-25(34)35)9-18(24-32-26(36)38-33-24)30-22(14)12-3-4-12/h1-2,7-10,12,20H,3-6,11H2,(H,31,35)(H,32,33,36). The minimum Gasteiger partial charge on any atom is -0.484 e. The number of anilines is 2. The number of hydrogen-bond acceptors (Lipinski definition) is 7. The number of hydrogen-bond donors (Lipinski definition) is 2. The molecule has 2 N–H and O–H groups in total. The molecule has 1 aromatic carbocycles. The predicted molar refractivity (Wildman–Crippen MR) is 140 cm³/mol. The number of aromatic nitrogens is 4. The van der Waals surface area contributed by atoms with Gasteiger partial charge in [0, 0.05) is 35.3 Å². The van der Waals surface area contributed by atoms with Crippen LogP contribution >= 0.6 is 23.1 Å². The fourth-order valence-electron chi connectivity index (χ4n) is 5.05. The van der Waals surface area contributed by atoms with Crippen molar-refractivity contribution in [3.63, 3.8) is 0 Å². The van der Waals surface area contributed by atoms with Gasteiger partial charge in [-0.15, -0.1) is 0 Å². The normalized spacial score (nSPS) is 18.4. The number of nitrogens with zero attached hydrogens (tertiary/aromatic N) is 4. The Kier molecular flexibility index (Phi) is 5.45. The summed E-state index contributed by atoms with van der Waals surface area (Å²) in [5.74, 6) is 0.800. The summed E-state index contributed by atoms with van der Waals surface area (Å²) in [6.07, 6.45) is 4.23. The third-order valence-corrected chi connectivity index (χ3v) is 7.91. The van der Waals surface area contributed by atoms with Crippen LogP contribution in [0.15, 0.2) is 41.3 Å². The lowest BCUT2D eigenvalue weighted by molar-refractivity contribution is 0.167. The number of aryl methyl sites for hydroxylation is 1. The molecule has 0 saturated heterocycles. The van der Waals surface area contributed by atoms with Gasteiger partial charge >= 0.3 is 10.9 Å². The van der Waals surface area contributed by atoms with E-state index in [-0.39, 0.29) is 29.1 Å². The molecule has 38 heavy (non-hydrogen) atoms. The Morgan fingerprint density at radius 3 is 2.79 bits per heavy atom. The molecule has 1 fully saturated rings. The van der Waals surface area contributed by atoms with Crippen LogP contribution in [0.4, 0.5) is 20.6 Å². The van der Waals surface area contributed by atoms with Crippen molar-refractivity contribution >= 4 is 40.5 Å². The SMILES string of the molecule is O=C1Nc2cc(-c3nsc(=O)[nH]3)nc(C3CC3)c2CN1c1cc2c(cc1Cl)CCC(c1ncccc1F)O2. The minimum atomic E-state index is -0.533. The number of urea groups is 1. The maximum atomic E-state index is 14.4. The lowest BCUT2D eigenvalue weighted by atomic mass is 9.98. The number of benzene rings is 1. The van der Waals surface area contributed by atoms with E-state index in [1.54, 1.807) is 29.3 Å². The van der Waals surface area contributed by atoms with E-state index in [1.807, 2.05) is 6.07 Å². The number of H-pyrrole nitrogens is 1. The summed E-state index contributed by atoms with van der Waals surface area (Å²) >= 11 is 7.51. The molecule has 3 aliphatic rings. The Bertz CT molecular complexity index is 1670. The first-order valence-electron chi connectivity index (χ1n) is 12.2. The smallest absolute Gasteiger partial charge is 0.326 e. The van der Waals surface area contributed by atoms with Crippen LogP contribution in [0.2, 0.25) is 5.02 Å². The number of amides is 2. The maximum absolute atomic E-state index is 14.4. The predicted octanol–water partition coefficient (Wildman–Crippen LogP) is 5.58. The second-order valence-corrected chi connectivity index (χ2v) is 10.7. The van der Waals surface area contributed by atoms with Crippen molar-refractivity contribution in [3.8, 4) is 17.3 Å². The fourth-order valence-corrected chi connectivity index (χ4v) is 5.80. The molecule has 2 aliphatic heterocycles. The Labute approximate surface area is 224 Å². The molecule has 0 radical (unpaired) electrons. The van der Waals surface area contributed by atoms with E-state index in [9.17, 15) is 14.0 Å². The Balaban J connectivity index is 1.24. The number of carbonyl (C=O) groups is 1. The molecule has 4 aromatic rings. The molecular formula is C26H20ClFN6O3S. The van der Waals surface area contributed by atoms with Crippen molar-refractivity contribution in [1.82, 2.24) is 19.3 Å². The van der Waals surface area contributed by atoms with Gasteiger partial charge in [0.2, 0.25) is 0 Å². The number of fused-ring (bicyclic) bond motifs is 2. The number of rotatable bonds is 4. The summed E-state index contributed by atoms with van der Waals surface area (Å²) in [6.45, 7) is 0.269. The summed E-state index contributed by atoms with van der Waals surface area (Å²) in [5.41, 5.74) is 4.59. The second kappa shape index (κ2) is 8.88. The third kappa shape index (κ3) is 4.02. The molecule has 0 spiro atoms. The number of pyridine rings is 2. The van der Waals surface area contributed by atoms with E-state index < -0.39 is 11.9 Å². The molecule has 7 rings (SSSR count). The van der Waals surface area contributed by atoms with Crippen LogP contribution in [-0.4, -0.2) is 25.4 Å². The average molecular weight is 551 g/mol. The molecule has 192 valence electrons. The highest BCUT2D eigenvalue weighted by atomic mass is 35.5. The largest absolute Gasteiger partial charge is 0.484 e. The number of nitrogens with one attached hydrogen (secondary N) is 2. The van der Waals surface area contributed by atoms with E-state index >= 15 is 0 Å². The highest BCUT2D eigenvalue weighted by Gasteiger charge is 2.36. The van der Waals surface area contributed by atoms with Crippen molar-refractivity contribution in [1.29, 1.82) is 0 Å². The van der Waals surface area contributed by atoms with Gasteiger partial charge < -0.3 is 10.1 Å². The number of ether oxygens (including phenoxy) is 1. The lowest BCUT2D eigenvalue weighted by Crippen LogP contribution is -2.39. The first-order valence-corrected chi connectivity index (χ1v) is 13.4. The zero-order valence-corrected chi connectivity index (χ0v) is 21.4. The molecule has 1 aliphatic carbocycles. The topological polar surface area (TPSA) is 113 Å². The summed E-state index contributed by atoms with van der Waals surface area (Å²) in [7, 11) is 0. The molecular weight excluding hydrogens is 531 g/mol. The Morgan fingerprint density at radius 2 is 2.03 bits per heavy atom. The maximum Gasteiger partial charge on any atom is 0.326 e. The van der Waals surface area contributed by atoms with Crippen molar-refractivity contribution in [2.24, 2.45) is 0 Å². The van der Waals surface area contributed by atoms with Crippen LogP contribution in [0.5, 0.6) is 5.75 Å². The van der Waals surface area contributed by atoms with Gasteiger partial charge in [-0.1, -0.05) is 11.6 Å². The first kappa shape index (κ1) is 23.3.